The van der Waals surface area contributed by atoms with Crippen molar-refractivity contribution >= 4 is 24.4 Å². The van der Waals surface area contributed by atoms with Gasteiger partial charge in [0.2, 0.25) is 0 Å². The molecule has 0 spiro atoms. The van der Waals surface area contributed by atoms with E-state index in [0.717, 1.165) is 12.8 Å². The van der Waals surface area contributed by atoms with E-state index in [4.69, 9.17) is 33.2 Å². The summed E-state index contributed by atoms with van der Waals surface area (Å²) >= 11 is 0. The molecule has 0 amide bonds. The Labute approximate surface area is 258 Å². The molecule has 4 atom stereocenters. The summed E-state index contributed by atoms with van der Waals surface area (Å²) in [5.74, 6) is -0.136. The molecule has 0 aliphatic carbocycles. The molecule has 12 heteroatoms. The maximum Gasteiger partial charge on any atom is 0.514 e. The van der Waals surface area contributed by atoms with E-state index in [1.807, 2.05) is 27.7 Å². The summed E-state index contributed by atoms with van der Waals surface area (Å²) in [6.07, 6.45) is -1.77. The van der Waals surface area contributed by atoms with Crippen molar-refractivity contribution in [3.05, 3.63) is 54.1 Å². The lowest BCUT2D eigenvalue weighted by atomic mass is 10.0. The van der Waals surface area contributed by atoms with Crippen LogP contribution in [0.5, 0.6) is 17.2 Å². The number of para-hydroxylation sites is 1. The van der Waals surface area contributed by atoms with Crippen LogP contribution in [0, 0.1) is 11.8 Å². The van der Waals surface area contributed by atoms with Gasteiger partial charge in [0.25, 0.3) is 0 Å². The third-order valence-corrected chi connectivity index (χ3v) is 6.58. The maximum absolute atomic E-state index is 12.6. The molecular formula is C32H43NO11. The molecule has 0 aromatic heterocycles. The molecule has 0 heterocycles. The number of methoxy groups -OCH3 is 1. The summed E-state index contributed by atoms with van der Waals surface area (Å²) in [5.41, 5.74) is 0.537. The fourth-order valence-corrected chi connectivity index (χ4v) is 3.48. The summed E-state index contributed by atoms with van der Waals surface area (Å²) in [5, 5.41) is 3.02. The van der Waals surface area contributed by atoms with Crippen LogP contribution in [0.3, 0.4) is 0 Å². The van der Waals surface area contributed by atoms with Crippen LogP contribution in [0.25, 0.3) is 0 Å². The number of nitrogens with one attached hydrogen (secondary N) is 1. The fraction of sp³-hybridized carbons (Fsp3) is 0.500. The van der Waals surface area contributed by atoms with Crippen LogP contribution in [-0.2, 0) is 30.2 Å². The van der Waals surface area contributed by atoms with E-state index < -0.39 is 36.6 Å². The van der Waals surface area contributed by atoms with Crippen molar-refractivity contribution in [2.75, 3.05) is 26.9 Å². The van der Waals surface area contributed by atoms with E-state index in [-0.39, 0.29) is 49.5 Å². The summed E-state index contributed by atoms with van der Waals surface area (Å²) in [7, 11) is 1.25. The normalized spacial score (nSPS) is 13.4. The number of benzene rings is 2. The number of rotatable bonds is 16. The fourth-order valence-electron chi connectivity index (χ4n) is 3.48. The average molecular weight is 618 g/mol. The van der Waals surface area contributed by atoms with Gasteiger partial charge in [-0.2, -0.15) is 0 Å². The third-order valence-electron chi connectivity index (χ3n) is 6.58. The molecular weight excluding hydrogens is 574 g/mol. The van der Waals surface area contributed by atoms with E-state index in [1.165, 1.54) is 19.2 Å². The molecule has 0 aliphatic rings. The smallest absolute Gasteiger partial charge is 0.468 e. The van der Waals surface area contributed by atoms with Crippen LogP contribution in [0.1, 0.15) is 53.0 Å². The van der Waals surface area contributed by atoms with Crippen molar-refractivity contribution in [3.8, 4) is 17.2 Å². The van der Waals surface area contributed by atoms with E-state index in [2.05, 4.69) is 5.32 Å². The average Bonchev–Trinajstić information content (AvgIpc) is 3.01. The summed E-state index contributed by atoms with van der Waals surface area (Å²) in [6.45, 7) is 9.84. The molecule has 2 aromatic carbocycles. The van der Waals surface area contributed by atoms with Gasteiger partial charge in [0.15, 0.2) is 11.5 Å². The number of esters is 1. The van der Waals surface area contributed by atoms with Gasteiger partial charge in [-0.15, -0.1) is 0 Å². The van der Waals surface area contributed by atoms with Crippen molar-refractivity contribution in [1.29, 1.82) is 0 Å². The predicted octanol–water partition coefficient (Wildman–Crippen LogP) is 6.09. The Kier molecular flexibility index (Phi) is 15.5. The van der Waals surface area contributed by atoms with Gasteiger partial charge in [0, 0.05) is 6.54 Å². The summed E-state index contributed by atoms with van der Waals surface area (Å²) in [4.78, 5) is 49.5. The Morgan fingerprint density at radius 2 is 1.34 bits per heavy atom. The van der Waals surface area contributed by atoms with Gasteiger partial charge in [-0.1, -0.05) is 64.8 Å². The van der Waals surface area contributed by atoms with Gasteiger partial charge < -0.3 is 38.5 Å². The van der Waals surface area contributed by atoms with Crippen molar-refractivity contribution in [3.63, 3.8) is 0 Å². The summed E-state index contributed by atoms with van der Waals surface area (Å²) < 4.78 is 36.4. The van der Waals surface area contributed by atoms with Gasteiger partial charge in [-0.25, -0.2) is 14.4 Å². The van der Waals surface area contributed by atoms with Crippen molar-refractivity contribution in [2.24, 2.45) is 11.8 Å². The van der Waals surface area contributed by atoms with E-state index in [0.29, 0.717) is 11.3 Å². The lowest BCUT2D eigenvalue weighted by Crippen LogP contribution is -2.43. The molecule has 1 N–H and O–H groups in total. The zero-order valence-electron chi connectivity index (χ0n) is 26.2. The van der Waals surface area contributed by atoms with Gasteiger partial charge in [0.05, 0.1) is 20.3 Å². The first-order chi connectivity index (χ1) is 21.0. The highest BCUT2D eigenvalue weighted by Gasteiger charge is 2.24. The molecule has 0 bridgehead atoms. The lowest BCUT2D eigenvalue weighted by molar-refractivity contribution is -0.143. The topological polar surface area (TPSA) is 145 Å². The molecule has 0 aliphatic heterocycles. The first-order valence-corrected chi connectivity index (χ1v) is 14.6. The predicted molar refractivity (Wildman–Crippen MR) is 160 cm³/mol. The van der Waals surface area contributed by atoms with Gasteiger partial charge >= 0.3 is 24.4 Å². The number of hydrogen-bond donors (Lipinski definition) is 1. The standard InChI is InChI=1S/C32H43NO11/c1-7-21(3)19-39-30(35)43-27-15-14-24(17-28(27)44-31(36)40-20-22(4)8-2)16-26(29(34)38-6)33-18-23(5)41-32(37)42-25-12-10-9-11-13-25/h9-15,17,21-23,26,33H,7-8,16,18-20H2,1-6H3/t21?,22?,23?,26-/m0/s1. The van der Waals surface area contributed by atoms with Gasteiger partial charge in [-0.05, 0) is 55.0 Å². The molecule has 0 saturated carbocycles. The first-order valence-electron chi connectivity index (χ1n) is 14.6. The second kappa shape index (κ2) is 19.1. The molecule has 0 radical (unpaired) electrons. The van der Waals surface area contributed by atoms with Crippen LogP contribution in [0.15, 0.2) is 48.5 Å². The van der Waals surface area contributed by atoms with Gasteiger partial charge in [0.1, 0.15) is 17.9 Å². The molecule has 44 heavy (non-hydrogen) atoms. The van der Waals surface area contributed by atoms with Crippen molar-refractivity contribution in [1.82, 2.24) is 5.32 Å². The Morgan fingerprint density at radius 3 is 1.91 bits per heavy atom. The number of carbonyl (C=O) groups is 4. The van der Waals surface area contributed by atoms with E-state index in [1.54, 1.807) is 43.3 Å². The van der Waals surface area contributed by atoms with Crippen LogP contribution in [-0.4, -0.2) is 63.4 Å². The van der Waals surface area contributed by atoms with Crippen LogP contribution in [0.2, 0.25) is 0 Å². The number of ether oxygens (including phenoxy) is 7. The van der Waals surface area contributed by atoms with Crippen molar-refractivity contribution < 1.29 is 52.3 Å². The quantitative estimate of drug-likeness (QED) is 0.132. The highest BCUT2D eigenvalue weighted by Crippen LogP contribution is 2.30. The molecule has 0 saturated heterocycles. The highest BCUT2D eigenvalue weighted by molar-refractivity contribution is 5.76. The minimum absolute atomic E-state index is 0.0649. The summed E-state index contributed by atoms with van der Waals surface area (Å²) in [6, 6.07) is 12.1. The van der Waals surface area contributed by atoms with Crippen LogP contribution >= 0.6 is 0 Å². The zero-order chi connectivity index (χ0) is 32.5. The molecule has 2 aromatic rings. The Balaban J connectivity index is 2.12. The molecule has 2 rings (SSSR count). The van der Waals surface area contributed by atoms with Crippen LogP contribution < -0.4 is 19.5 Å². The maximum atomic E-state index is 12.6. The minimum Gasteiger partial charge on any atom is -0.468 e. The number of carbonyl (C=O) groups excluding carboxylic acids is 4. The molecule has 12 nitrogen and oxygen atoms in total. The highest BCUT2D eigenvalue weighted by atomic mass is 16.7. The van der Waals surface area contributed by atoms with Gasteiger partial charge in [-0.3, -0.25) is 4.79 Å². The lowest BCUT2D eigenvalue weighted by Gasteiger charge is -2.20. The molecule has 0 fully saturated rings. The third kappa shape index (κ3) is 13.3. The van der Waals surface area contributed by atoms with E-state index in [9.17, 15) is 19.2 Å². The Morgan fingerprint density at radius 1 is 0.750 bits per heavy atom. The number of hydrogen-bond acceptors (Lipinski definition) is 12. The first kappa shape index (κ1) is 35.9. The Bertz CT molecular complexity index is 1200. The van der Waals surface area contributed by atoms with Crippen molar-refractivity contribution in [2.45, 2.75) is 66.0 Å². The second-order valence-corrected chi connectivity index (χ2v) is 10.4. The zero-order valence-corrected chi connectivity index (χ0v) is 26.2. The SMILES string of the molecule is CCC(C)COC(=O)Oc1ccc(C[C@H](NCC(C)OC(=O)Oc2ccccc2)C(=O)OC)cc1OC(=O)OCC(C)CC. The largest absolute Gasteiger partial charge is 0.514 e. The Hall–Kier alpha value is -4.32. The van der Waals surface area contributed by atoms with E-state index >= 15 is 0 Å². The molecule has 3 unspecified atom stereocenters. The minimum atomic E-state index is -0.976. The molecule has 242 valence electrons. The van der Waals surface area contributed by atoms with Crippen LogP contribution in [0.4, 0.5) is 14.4 Å². The second-order valence-electron chi connectivity index (χ2n) is 10.4. The monoisotopic (exact) mass is 617 g/mol.